The molecule has 2 aromatic carbocycles. The lowest BCUT2D eigenvalue weighted by atomic mass is 9.92. The fraction of sp³-hybridized carbons (Fsp3) is 0.200. The number of nitrogens with zero attached hydrogens (tertiary/aromatic N) is 17. The molecule has 3 aliphatic rings. The molecule has 15 aromatic rings. The van der Waals surface area contributed by atoms with E-state index in [1.165, 1.54) is 91.7 Å². The molecule has 602 valence electrons. The van der Waals surface area contributed by atoms with Crippen molar-refractivity contribution >= 4 is 79.6 Å². The number of carbonyl (C=O) groups excluding carboxylic acids is 8. The highest BCUT2D eigenvalue weighted by atomic mass is 16.5. The molecular weight excluding hydrogens is 1540 g/mol. The maximum Gasteiger partial charge on any atom is 0.295 e. The van der Waals surface area contributed by atoms with Crippen molar-refractivity contribution in [2.45, 2.75) is 45.8 Å². The number of ketones is 3. The predicted octanol–water partition coefficient (Wildman–Crippen LogP) is 8.09. The van der Waals surface area contributed by atoms with Crippen LogP contribution in [0.5, 0.6) is 17.2 Å². The van der Waals surface area contributed by atoms with Crippen molar-refractivity contribution in [1.29, 1.82) is 0 Å². The van der Waals surface area contributed by atoms with E-state index in [0.717, 1.165) is 61.7 Å². The number of aromatic nitrogens is 18. The topological polar surface area (TPSA) is 448 Å². The molecule has 0 radical (unpaired) electrons. The van der Waals surface area contributed by atoms with Gasteiger partial charge in [0.15, 0.2) is 5.82 Å². The van der Waals surface area contributed by atoms with Crippen molar-refractivity contribution in [3.05, 3.63) is 239 Å². The Labute approximate surface area is 681 Å². The van der Waals surface area contributed by atoms with Crippen molar-refractivity contribution in [3.63, 3.8) is 0 Å². The van der Waals surface area contributed by atoms with Gasteiger partial charge < -0.3 is 59.2 Å². The van der Waals surface area contributed by atoms with Gasteiger partial charge in [-0.05, 0) is 97.0 Å². The first-order valence-corrected chi connectivity index (χ1v) is 37.9. The molecule has 13 aromatic heterocycles. The van der Waals surface area contributed by atoms with Crippen LogP contribution < -0.4 is 19.5 Å². The van der Waals surface area contributed by atoms with Crippen LogP contribution >= 0.6 is 0 Å². The molecule has 18 rings (SSSR count). The normalized spacial score (nSPS) is 12.8. The molecule has 0 fully saturated rings. The summed E-state index contributed by atoms with van der Waals surface area (Å²) in [6.45, 7) is 3.66. The fourth-order valence-corrected chi connectivity index (χ4v) is 15.1. The van der Waals surface area contributed by atoms with Crippen LogP contribution in [-0.4, -0.2) is 230 Å². The first-order chi connectivity index (χ1) is 58.4. The van der Waals surface area contributed by atoms with Gasteiger partial charge in [0.1, 0.15) is 69.9 Å². The summed E-state index contributed by atoms with van der Waals surface area (Å²) >= 11 is 0. The molecule has 0 saturated carbocycles. The summed E-state index contributed by atoms with van der Waals surface area (Å²) in [6, 6.07) is 32.2. The van der Waals surface area contributed by atoms with Crippen molar-refractivity contribution in [3.8, 4) is 79.7 Å². The third-order valence-corrected chi connectivity index (χ3v) is 20.9. The van der Waals surface area contributed by atoms with E-state index in [0.29, 0.717) is 148 Å². The number of carbonyl (C=O) groups is 8. The second kappa shape index (κ2) is 33.6. The van der Waals surface area contributed by atoms with Gasteiger partial charge >= 0.3 is 0 Å². The zero-order chi connectivity index (χ0) is 83.4. The average Bonchev–Trinajstić information content (AvgIpc) is 1.61. The van der Waals surface area contributed by atoms with Crippen LogP contribution in [0.2, 0.25) is 0 Å². The van der Waals surface area contributed by atoms with E-state index in [-0.39, 0.29) is 48.0 Å². The number of pyridine rings is 6. The molecular formula is C85H75N23O12. The van der Waals surface area contributed by atoms with Crippen LogP contribution in [0.15, 0.2) is 172 Å². The van der Waals surface area contributed by atoms with Crippen LogP contribution in [0.1, 0.15) is 91.4 Å². The number of ether oxygens (including phenoxy) is 3. The van der Waals surface area contributed by atoms with Crippen LogP contribution in [0.4, 0.5) is 0 Å². The van der Waals surface area contributed by atoms with Crippen molar-refractivity contribution < 1.29 is 57.7 Å². The maximum atomic E-state index is 13.6. The number of hydrogen-bond donors (Lipinski definition) is 7. The van der Waals surface area contributed by atoms with E-state index in [1.807, 2.05) is 91.0 Å². The summed E-state index contributed by atoms with van der Waals surface area (Å²) < 4.78 is 18.0. The number of rotatable bonds is 19. The van der Waals surface area contributed by atoms with Crippen LogP contribution in [-0.2, 0) is 53.3 Å². The quantitative estimate of drug-likeness (QED) is 0.0297. The van der Waals surface area contributed by atoms with Gasteiger partial charge in [-0.2, -0.15) is 15.3 Å². The number of benzene rings is 2. The summed E-state index contributed by atoms with van der Waals surface area (Å²) in [5.41, 5.74) is 15.1. The van der Waals surface area contributed by atoms with E-state index in [4.69, 9.17) is 19.3 Å². The molecule has 16 heterocycles. The summed E-state index contributed by atoms with van der Waals surface area (Å²) in [5.74, 6) is -2.47. The number of nitrogens with one attached hydrogen (secondary N) is 6. The van der Waals surface area contributed by atoms with E-state index in [2.05, 4.69) is 90.6 Å². The van der Waals surface area contributed by atoms with E-state index in [9.17, 15) is 38.4 Å². The molecule has 35 heteroatoms. The molecule has 5 amide bonds. The third kappa shape index (κ3) is 15.0. The summed E-state index contributed by atoms with van der Waals surface area (Å²) in [4.78, 5) is 161. The smallest absolute Gasteiger partial charge is 0.295 e. The minimum Gasteiger partial charge on any atom is -0.494 e. The van der Waals surface area contributed by atoms with Crippen LogP contribution in [0, 0.1) is 6.92 Å². The minimum absolute atomic E-state index is 0.0995. The number of H-pyrrole nitrogens is 5. The van der Waals surface area contributed by atoms with Crippen molar-refractivity contribution in [2.75, 3.05) is 68.2 Å². The standard InChI is InChI=1S/C30H27N7O5.C30H27N7O4.C25H21N9O3/c1-42-24-15-34-26(22-13-23(36-35-22)29(40)32-10-12-38)27-25(24)20(14-33-27)28(39)30(41)37-11-8-18-17(16-37)5-4-6-19(18)21-7-2-3-9-31-21;1-36(2)29(39)23-13-22(34-35-23)26-27-25(24(41-3)15-33-26)20(14-32-27)28(38)30(40)37-12-10-18-17(16-37)7-6-8-19(18)21-9-4-5-11-31-21;1-14-31-13-34(32-14)24-22-20(19(37-2)10-28-24)16(9-27-22)23(35)25(36)33-8-6-15-18(11-33)29-12-30-21(15)17-5-3-4-7-26-17/h2-7,9,13-15,33,38H,8,10-12,16H2,1H3,(H,32,40)(H,35,36);4-9,11,13-15,32H,10,12,16H2,1-3H3,(H,34,35);3-5,7,9-10,12-13,27H,6,8,11H2,1-2H3. The van der Waals surface area contributed by atoms with Crippen molar-refractivity contribution in [1.82, 2.24) is 115 Å². The second-order valence-electron chi connectivity index (χ2n) is 28.2. The molecule has 0 spiro atoms. The van der Waals surface area contributed by atoms with E-state index >= 15 is 0 Å². The van der Waals surface area contributed by atoms with Gasteiger partial charge in [0.2, 0.25) is 0 Å². The fourth-order valence-electron chi connectivity index (χ4n) is 15.1. The largest absolute Gasteiger partial charge is 0.494 e. The lowest BCUT2D eigenvalue weighted by molar-refractivity contribution is -0.127. The molecule has 0 saturated heterocycles. The zero-order valence-electron chi connectivity index (χ0n) is 65.5. The lowest BCUT2D eigenvalue weighted by Gasteiger charge is -2.29. The monoisotopic (exact) mass is 1610 g/mol. The van der Waals surface area contributed by atoms with Gasteiger partial charge in [-0.15, -0.1) is 0 Å². The van der Waals surface area contributed by atoms with Gasteiger partial charge in [-0.25, -0.2) is 34.6 Å². The van der Waals surface area contributed by atoms with Crippen molar-refractivity contribution in [2.24, 2.45) is 0 Å². The Balaban J connectivity index is 0.000000134. The zero-order valence-corrected chi connectivity index (χ0v) is 65.5. The molecule has 7 N–H and O–H groups in total. The molecule has 0 bridgehead atoms. The highest BCUT2D eigenvalue weighted by Crippen LogP contribution is 2.40. The Hall–Kier alpha value is -15.7. The number of Topliss-reactive ketones (excluding diaryl/α,β-unsaturated/α-hetero) is 3. The van der Waals surface area contributed by atoms with E-state index in [1.54, 1.807) is 55.5 Å². The van der Waals surface area contributed by atoms with Gasteiger partial charge in [0, 0.05) is 107 Å². The number of aromatic amines is 5. The Morgan fingerprint density at radius 1 is 0.492 bits per heavy atom. The summed E-state index contributed by atoms with van der Waals surface area (Å²) in [5, 5.41) is 30.9. The average molecular weight is 1610 g/mol. The number of aliphatic hydroxyl groups excluding tert-OH is 1. The third-order valence-electron chi connectivity index (χ3n) is 20.9. The maximum absolute atomic E-state index is 13.6. The predicted molar refractivity (Wildman–Crippen MR) is 435 cm³/mol. The van der Waals surface area contributed by atoms with E-state index < -0.39 is 41.0 Å². The van der Waals surface area contributed by atoms with Gasteiger partial charge in [0.05, 0.1) is 131 Å². The molecule has 0 aliphatic carbocycles. The second-order valence-corrected chi connectivity index (χ2v) is 28.2. The number of fused-ring (bicyclic) bond motifs is 6. The van der Waals surface area contributed by atoms with Crippen LogP contribution in [0.25, 0.3) is 95.2 Å². The number of aryl methyl sites for hydroxylation is 1. The molecule has 0 unspecified atom stereocenters. The molecule has 0 atom stereocenters. The van der Waals surface area contributed by atoms with Gasteiger partial charge in [0.25, 0.3) is 46.9 Å². The van der Waals surface area contributed by atoms with Gasteiger partial charge in [-0.1, -0.05) is 54.6 Å². The highest BCUT2D eigenvalue weighted by Gasteiger charge is 2.36. The Morgan fingerprint density at radius 2 is 0.958 bits per heavy atom. The number of hydrogen-bond acceptors (Lipinski definition) is 24. The summed E-state index contributed by atoms with van der Waals surface area (Å²) in [7, 11) is 7.71. The lowest BCUT2D eigenvalue weighted by Crippen LogP contribution is -2.40. The first-order valence-electron chi connectivity index (χ1n) is 37.9. The number of aliphatic hydroxyl groups is 1. The molecule has 35 nitrogen and oxygen atoms in total. The Bertz CT molecular complexity index is 6510. The summed E-state index contributed by atoms with van der Waals surface area (Å²) in [6.07, 6.45) is 18.8. The number of amides is 5. The highest BCUT2D eigenvalue weighted by molar-refractivity contribution is 6.46. The number of methoxy groups -OCH3 is 3. The van der Waals surface area contributed by atoms with Crippen LogP contribution in [0.3, 0.4) is 0 Å². The molecule has 120 heavy (non-hydrogen) atoms. The SMILES string of the molecule is COc1cnc(-c2cc(C(=O)N(C)C)[nH]n2)c2[nH]cc(C(=O)C(=O)N3CCc4c(cccc4-c4ccccn4)C3)c12.COc1cnc(-c2cc(C(=O)NCCO)[nH]n2)c2[nH]cc(C(=O)C(=O)N3CCc4c(cccc4-c4ccccn4)C3)c12.COc1cnc(-n2cnc(C)n2)c2[nH]cc(C(=O)C(=O)N3CCc4c(ncnc4-c4ccccn4)C3)c12. The molecule has 3 aliphatic heterocycles. The Kier molecular flexibility index (Phi) is 21.9. The Morgan fingerprint density at radius 3 is 1.43 bits per heavy atom. The van der Waals surface area contributed by atoms with Gasteiger partial charge in [-0.3, -0.25) is 63.5 Å². The minimum atomic E-state index is -0.674. The first kappa shape index (κ1) is 78.2.